The molecule has 0 aliphatic carbocycles. The van der Waals surface area contributed by atoms with Crippen molar-refractivity contribution in [3.05, 3.63) is 71.8 Å². The van der Waals surface area contributed by atoms with Crippen LogP contribution in [0.4, 0.5) is 5.95 Å². The van der Waals surface area contributed by atoms with Crippen LogP contribution >= 0.6 is 0 Å². The molecule has 0 amide bonds. The van der Waals surface area contributed by atoms with Crippen LogP contribution < -0.4 is 5.32 Å². The van der Waals surface area contributed by atoms with E-state index >= 15 is 0 Å². The third-order valence-corrected chi connectivity index (χ3v) is 3.94. The Morgan fingerprint density at radius 1 is 0.905 bits per heavy atom. The Kier molecular flexibility index (Phi) is 2.88. The first-order valence-corrected chi connectivity index (χ1v) is 7.06. The topological polar surface area (TPSA) is 55.6 Å². The molecule has 0 saturated heterocycles. The lowest BCUT2D eigenvalue weighted by Crippen LogP contribution is -2.28. The monoisotopic (exact) mass is 277 g/mol. The number of nitrogens with one attached hydrogen (secondary N) is 1. The highest BCUT2D eigenvalue weighted by Crippen LogP contribution is 2.36. The average molecular weight is 277 g/mol. The zero-order valence-corrected chi connectivity index (χ0v) is 11.4. The standard InChI is InChI=1S/C16H15N5/c1-3-7-12(8-4-1)14-11-15(13-9-5-2-6-10-13)21-16(17-14)18-19-20-21/h1-10,14-15H,11H2,(H,17,18,20)/t14-,15-/m0/s1. The van der Waals surface area contributed by atoms with E-state index in [1.54, 1.807) is 0 Å². The molecule has 0 fully saturated rings. The van der Waals surface area contributed by atoms with E-state index in [1.807, 2.05) is 16.8 Å². The number of aromatic nitrogens is 4. The van der Waals surface area contributed by atoms with E-state index in [2.05, 4.69) is 69.4 Å². The number of hydrogen-bond donors (Lipinski definition) is 1. The van der Waals surface area contributed by atoms with Crippen molar-refractivity contribution in [1.29, 1.82) is 0 Å². The molecule has 2 atom stereocenters. The molecule has 1 aliphatic rings. The van der Waals surface area contributed by atoms with Gasteiger partial charge in [0.15, 0.2) is 0 Å². The third-order valence-electron chi connectivity index (χ3n) is 3.94. The second-order valence-corrected chi connectivity index (χ2v) is 5.22. The maximum atomic E-state index is 4.14. The Labute approximate surface area is 122 Å². The van der Waals surface area contributed by atoms with Gasteiger partial charge in [-0.25, -0.2) is 4.68 Å². The molecule has 21 heavy (non-hydrogen) atoms. The van der Waals surface area contributed by atoms with Gasteiger partial charge >= 0.3 is 0 Å². The van der Waals surface area contributed by atoms with E-state index in [-0.39, 0.29) is 12.1 Å². The molecule has 4 rings (SSSR count). The number of anilines is 1. The fourth-order valence-corrected chi connectivity index (χ4v) is 2.89. The summed E-state index contributed by atoms with van der Waals surface area (Å²) in [5.74, 6) is 0.726. The minimum absolute atomic E-state index is 0.155. The van der Waals surface area contributed by atoms with Crippen molar-refractivity contribution >= 4 is 5.95 Å². The van der Waals surface area contributed by atoms with Gasteiger partial charge in [-0.1, -0.05) is 65.8 Å². The number of nitrogens with zero attached hydrogens (tertiary/aromatic N) is 4. The largest absolute Gasteiger partial charge is 0.346 e. The lowest BCUT2D eigenvalue weighted by Gasteiger charge is -2.31. The van der Waals surface area contributed by atoms with Crippen molar-refractivity contribution in [2.24, 2.45) is 0 Å². The van der Waals surface area contributed by atoms with Crippen molar-refractivity contribution in [2.75, 3.05) is 5.32 Å². The van der Waals surface area contributed by atoms with Crippen molar-refractivity contribution in [2.45, 2.75) is 18.5 Å². The van der Waals surface area contributed by atoms with E-state index in [4.69, 9.17) is 0 Å². The van der Waals surface area contributed by atoms with Gasteiger partial charge in [-0.05, 0) is 28.0 Å². The summed E-state index contributed by atoms with van der Waals surface area (Å²) in [6, 6.07) is 21.2. The molecule has 5 nitrogen and oxygen atoms in total. The molecule has 0 bridgehead atoms. The summed E-state index contributed by atoms with van der Waals surface area (Å²) in [4.78, 5) is 0. The summed E-state index contributed by atoms with van der Waals surface area (Å²) in [5.41, 5.74) is 2.49. The highest BCUT2D eigenvalue weighted by molar-refractivity contribution is 5.37. The molecule has 104 valence electrons. The highest BCUT2D eigenvalue weighted by Gasteiger charge is 2.30. The molecule has 0 saturated carbocycles. The molecule has 1 N–H and O–H groups in total. The minimum atomic E-state index is 0.155. The van der Waals surface area contributed by atoms with E-state index < -0.39 is 0 Å². The average Bonchev–Trinajstić information content (AvgIpc) is 3.04. The summed E-state index contributed by atoms with van der Waals surface area (Å²) in [6.45, 7) is 0. The third kappa shape index (κ3) is 2.16. The Morgan fingerprint density at radius 3 is 2.29 bits per heavy atom. The fourth-order valence-electron chi connectivity index (χ4n) is 2.89. The van der Waals surface area contributed by atoms with Gasteiger partial charge in [0, 0.05) is 0 Å². The van der Waals surface area contributed by atoms with Gasteiger partial charge in [-0.15, -0.1) is 0 Å². The predicted octanol–water partition coefficient (Wildman–Crippen LogP) is 2.82. The van der Waals surface area contributed by atoms with Crippen LogP contribution in [-0.2, 0) is 0 Å². The van der Waals surface area contributed by atoms with E-state index in [9.17, 15) is 0 Å². The lowest BCUT2D eigenvalue weighted by atomic mass is 9.93. The molecule has 1 aliphatic heterocycles. The fraction of sp³-hybridized carbons (Fsp3) is 0.188. The smallest absolute Gasteiger partial charge is 0.243 e. The SMILES string of the molecule is c1ccc([C@@H]2C[C@@H](c3ccccc3)n3nnnc3N2)cc1. The van der Waals surface area contributed by atoms with Crippen molar-refractivity contribution in [3.63, 3.8) is 0 Å². The number of rotatable bonds is 2. The van der Waals surface area contributed by atoms with Gasteiger partial charge in [0.2, 0.25) is 5.95 Å². The van der Waals surface area contributed by atoms with Crippen LogP contribution in [0.1, 0.15) is 29.6 Å². The summed E-state index contributed by atoms with van der Waals surface area (Å²) >= 11 is 0. The second-order valence-electron chi connectivity index (χ2n) is 5.22. The molecule has 0 unspecified atom stereocenters. The highest BCUT2D eigenvalue weighted by atomic mass is 15.6. The first kappa shape index (κ1) is 12.1. The molecule has 2 heterocycles. The Bertz CT molecular complexity index is 723. The van der Waals surface area contributed by atoms with Gasteiger partial charge in [0.05, 0.1) is 12.1 Å². The predicted molar refractivity (Wildman–Crippen MR) is 79.8 cm³/mol. The van der Waals surface area contributed by atoms with Crippen LogP contribution in [0, 0.1) is 0 Å². The molecular formula is C16H15N5. The molecule has 1 aromatic heterocycles. The molecule has 0 spiro atoms. The zero-order chi connectivity index (χ0) is 14.1. The summed E-state index contributed by atoms with van der Waals surface area (Å²) in [7, 11) is 0. The molecule has 2 aromatic carbocycles. The minimum Gasteiger partial charge on any atom is -0.346 e. The Balaban J connectivity index is 1.74. The van der Waals surface area contributed by atoms with Gasteiger partial charge in [0.1, 0.15) is 0 Å². The first-order chi connectivity index (χ1) is 10.4. The maximum Gasteiger partial charge on any atom is 0.243 e. The molecular weight excluding hydrogens is 262 g/mol. The summed E-state index contributed by atoms with van der Waals surface area (Å²) in [5, 5.41) is 15.5. The quantitative estimate of drug-likeness (QED) is 0.782. The second kappa shape index (κ2) is 5.01. The van der Waals surface area contributed by atoms with Crippen molar-refractivity contribution in [3.8, 4) is 0 Å². The van der Waals surface area contributed by atoms with Crippen molar-refractivity contribution in [1.82, 2.24) is 20.2 Å². The van der Waals surface area contributed by atoms with Crippen LogP contribution in [-0.4, -0.2) is 20.2 Å². The van der Waals surface area contributed by atoms with E-state index in [1.165, 1.54) is 11.1 Å². The number of benzene rings is 2. The van der Waals surface area contributed by atoms with E-state index in [0.29, 0.717) is 0 Å². The molecule has 5 heteroatoms. The van der Waals surface area contributed by atoms with Crippen LogP contribution in [0.2, 0.25) is 0 Å². The van der Waals surface area contributed by atoms with Crippen molar-refractivity contribution < 1.29 is 0 Å². The van der Waals surface area contributed by atoms with Crippen LogP contribution in [0.5, 0.6) is 0 Å². The normalized spacial score (nSPS) is 20.6. The number of hydrogen-bond acceptors (Lipinski definition) is 4. The molecule has 0 radical (unpaired) electrons. The number of fused-ring (bicyclic) bond motifs is 1. The van der Waals surface area contributed by atoms with Crippen LogP contribution in [0.3, 0.4) is 0 Å². The van der Waals surface area contributed by atoms with E-state index in [0.717, 1.165) is 12.4 Å². The van der Waals surface area contributed by atoms with Gasteiger partial charge in [-0.3, -0.25) is 0 Å². The van der Waals surface area contributed by atoms with Gasteiger partial charge < -0.3 is 5.32 Å². The Morgan fingerprint density at radius 2 is 1.57 bits per heavy atom. The molecule has 3 aromatic rings. The first-order valence-electron chi connectivity index (χ1n) is 7.06. The Hall–Kier alpha value is -2.69. The van der Waals surface area contributed by atoms with Crippen LogP contribution in [0.25, 0.3) is 0 Å². The maximum absolute atomic E-state index is 4.14. The van der Waals surface area contributed by atoms with Gasteiger partial charge in [-0.2, -0.15) is 0 Å². The number of tetrazole rings is 1. The summed E-state index contributed by atoms with van der Waals surface area (Å²) < 4.78 is 1.87. The zero-order valence-electron chi connectivity index (χ0n) is 11.4. The van der Waals surface area contributed by atoms with Crippen LogP contribution in [0.15, 0.2) is 60.7 Å². The lowest BCUT2D eigenvalue weighted by molar-refractivity contribution is 0.424. The van der Waals surface area contributed by atoms with Gasteiger partial charge in [0.25, 0.3) is 0 Å². The summed E-state index contributed by atoms with van der Waals surface area (Å²) in [6.07, 6.45) is 0.923.